The molecule has 0 aromatic heterocycles. The molecule has 1 aliphatic heterocycles. The second-order valence-corrected chi connectivity index (χ2v) is 5.90. The van der Waals surface area contributed by atoms with Crippen molar-refractivity contribution in [3.63, 3.8) is 0 Å². The van der Waals surface area contributed by atoms with E-state index in [2.05, 4.69) is 19.2 Å². The van der Waals surface area contributed by atoms with E-state index >= 15 is 0 Å². The summed E-state index contributed by atoms with van der Waals surface area (Å²) in [4.78, 5) is 26.4. The number of hydrogen-bond donors (Lipinski definition) is 1. The van der Waals surface area contributed by atoms with E-state index < -0.39 is 0 Å². The molecule has 0 saturated heterocycles. The maximum Gasteiger partial charge on any atom is 0.325 e. The van der Waals surface area contributed by atoms with E-state index in [4.69, 9.17) is 9.47 Å². The van der Waals surface area contributed by atoms with E-state index in [1.54, 1.807) is 6.07 Å². The van der Waals surface area contributed by atoms with Crippen LogP contribution in [0.4, 0.5) is 4.79 Å². The molecule has 7 heteroatoms. The van der Waals surface area contributed by atoms with Gasteiger partial charge in [-0.25, -0.2) is 4.79 Å². The zero-order valence-corrected chi connectivity index (χ0v) is 14.1. The minimum atomic E-state index is -0.315. The molecule has 124 valence electrons. The largest absolute Gasteiger partial charge is 0.454 e. The topological polar surface area (TPSA) is 59.1 Å². The number of carbonyl (C=O) groups is 2. The molecule has 1 heterocycles. The Labute approximate surface area is 141 Å². The van der Waals surface area contributed by atoms with Crippen LogP contribution in [0.5, 0.6) is 11.5 Å². The van der Waals surface area contributed by atoms with E-state index in [0.29, 0.717) is 22.8 Å². The fourth-order valence-corrected chi connectivity index (χ4v) is 2.39. The van der Waals surface area contributed by atoms with Crippen molar-refractivity contribution >= 4 is 24.9 Å². The van der Waals surface area contributed by atoms with E-state index in [1.165, 1.54) is 9.80 Å². The average molecular weight is 336 g/mol. The van der Waals surface area contributed by atoms with Gasteiger partial charge in [-0.3, -0.25) is 4.90 Å². The highest BCUT2D eigenvalue weighted by Gasteiger charge is 2.25. The van der Waals surface area contributed by atoms with Crippen molar-refractivity contribution in [2.75, 3.05) is 13.3 Å². The Morgan fingerprint density at radius 2 is 2.09 bits per heavy atom. The first kappa shape index (κ1) is 17.2. The molecule has 0 unspecified atom stereocenters. The number of fused-ring (bicyclic) bond motifs is 1. The van der Waals surface area contributed by atoms with E-state index in [1.807, 2.05) is 26.0 Å². The van der Waals surface area contributed by atoms with Crippen LogP contribution in [-0.2, 0) is 11.3 Å². The van der Waals surface area contributed by atoms with Gasteiger partial charge < -0.3 is 19.2 Å². The van der Waals surface area contributed by atoms with Crippen molar-refractivity contribution in [2.45, 2.75) is 26.4 Å². The van der Waals surface area contributed by atoms with Crippen molar-refractivity contribution in [3.05, 3.63) is 35.4 Å². The quantitative estimate of drug-likeness (QED) is 0.641. The molecule has 1 aromatic rings. The lowest BCUT2D eigenvalue weighted by atomic mass is 10.2. The first-order valence-electron chi connectivity index (χ1n) is 7.22. The molecule has 0 fully saturated rings. The second-order valence-electron chi connectivity index (χ2n) is 5.39. The summed E-state index contributed by atoms with van der Waals surface area (Å²) in [7, 11) is 0. The van der Waals surface area contributed by atoms with Crippen molar-refractivity contribution in [2.24, 2.45) is 0 Å². The first-order chi connectivity index (χ1) is 10.9. The Morgan fingerprint density at radius 3 is 2.70 bits per heavy atom. The third kappa shape index (κ3) is 3.98. The van der Waals surface area contributed by atoms with Crippen LogP contribution in [0.1, 0.15) is 19.4 Å². The Morgan fingerprint density at radius 1 is 1.39 bits per heavy atom. The maximum atomic E-state index is 12.7. The van der Waals surface area contributed by atoms with Crippen molar-refractivity contribution in [3.8, 4) is 11.5 Å². The Kier molecular flexibility index (Phi) is 5.54. The third-order valence-corrected chi connectivity index (χ3v) is 3.70. The van der Waals surface area contributed by atoms with Crippen molar-refractivity contribution < 1.29 is 19.1 Å². The molecule has 0 saturated carbocycles. The molecule has 0 aliphatic carbocycles. The summed E-state index contributed by atoms with van der Waals surface area (Å²) >= 11 is 4.21. The van der Waals surface area contributed by atoms with Gasteiger partial charge >= 0.3 is 6.03 Å². The monoisotopic (exact) mass is 336 g/mol. The smallest absolute Gasteiger partial charge is 0.325 e. The van der Waals surface area contributed by atoms with Gasteiger partial charge in [0, 0.05) is 6.04 Å². The summed E-state index contributed by atoms with van der Waals surface area (Å²) in [5, 5.41) is 0.309. The Bertz CT molecular complexity index is 618. The Hall–Kier alpha value is -2.15. The SMILES string of the molecule is C=C(S)N(Cc1ccc2c(c1)OCO2)C(=O)N(CC=O)C(C)C. The minimum Gasteiger partial charge on any atom is -0.454 e. The highest BCUT2D eigenvalue weighted by Crippen LogP contribution is 2.33. The normalized spacial score (nSPS) is 12.2. The second kappa shape index (κ2) is 7.41. The summed E-state index contributed by atoms with van der Waals surface area (Å²) in [6, 6.07) is 5.04. The molecule has 1 aliphatic rings. The third-order valence-electron chi connectivity index (χ3n) is 3.46. The molecule has 2 amide bonds. The van der Waals surface area contributed by atoms with Gasteiger partial charge in [-0.2, -0.15) is 0 Å². The van der Waals surface area contributed by atoms with E-state index in [-0.39, 0.29) is 32.0 Å². The summed E-state index contributed by atoms with van der Waals surface area (Å²) in [5.41, 5.74) is 0.854. The van der Waals surface area contributed by atoms with Gasteiger partial charge in [-0.15, -0.1) is 12.6 Å². The molecule has 2 rings (SSSR count). The predicted octanol–water partition coefficient (Wildman–Crippen LogP) is 2.65. The molecular weight excluding hydrogens is 316 g/mol. The van der Waals surface area contributed by atoms with Crippen molar-refractivity contribution in [1.29, 1.82) is 0 Å². The number of nitrogens with zero attached hydrogens (tertiary/aromatic N) is 2. The number of urea groups is 1. The van der Waals surface area contributed by atoms with Crippen molar-refractivity contribution in [1.82, 2.24) is 9.80 Å². The van der Waals surface area contributed by atoms with E-state index in [9.17, 15) is 9.59 Å². The number of rotatable bonds is 6. The van der Waals surface area contributed by atoms with Crippen LogP contribution in [-0.4, -0.2) is 41.5 Å². The van der Waals surface area contributed by atoms with Gasteiger partial charge in [-0.05, 0) is 31.5 Å². The lowest BCUT2D eigenvalue weighted by molar-refractivity contribution is -0.108. The van der Waals surface area contributed by atoms with Gasteiger partial charge in [-0.1, -0.05) is 12.6 Å². The number of thiol groups is 1. The van der Waals surface area contributed by atoms with Gasteiger partial charge in [0.05, 0.1) is 18.1 Å². The number of hydrogen-bond acceptors (Lipinski definition) is 5. The van der Waals surface area contributed by atoms with Crippen LogP contribution >= 0.6 is 12.6 Å². The maximum absolute atomic E-state index is 12.7. The van der Waals surface area contributed by atoms with E-state index in [0.717, 1.165) is 5.56 Å². The van der Waals surface area contributed by atoms with Crippen LogP contribution in [0.25, 0.3) is 0 Å². The summed E-state index contributed by atoms with van der Waals surface area (Å²) in [5.74, 6) is 1.33. The zero-order chi connectivity index (χ0) is 17.0. The molecule has 0 bridgehead atoms. The lowest BCUT2D eigenvalue weighted by Crippen LogP contribution is -2.45. The molecule has 0 atom stereocenters. The van der Waals surface area contributed by atoms with Gasteiger partial charge in [0.1, 0.15) is 6.29 Å². The van der Waals surface area contributed by atoms with Crippen LogP contribution in [0, 0.1) is 0 Å². The highest BCUT2D eigenvalue weighted by molar-refractivity contribution is 7.84. The lowest BCUT2D eigenvalue weighted by Gasteiger charge is -2.31. The fraction of sp³-hybridized carbons (Fsp3) is 0.375. The summed E-state index contributed by atoms with van der Waals surface area (Å²) < 4.78 is 10.6. The predicted molar refractivity (Wildman–Crippen MR) is 89.5 cm³/mol. The number of ether oxygens (including phenoxy) is 2. The summed E-state index contributed by atoms with van der Waals surface area (Å²) in [6.07, 6.45) is 0.706. The standard InChI is InChI=1S/C16H20N2O4S/c1-11(2)17(6-7-19)16(20)18(12(3)23)9-13-4-5-14-15(8-13)22-10-21-14/h4-5,7-8,11,23H,3,6,9-10H2,1-2H3. The molecule has 0 spiro atoms. The number of aldehydes is 1. The summed E-state index contributed by atoms with van der Waals surface area (Å²) in [6.45, 7) is 7.94. The van der Waals surface area contributed by atoms with Crippen LogP contribution in [0.2, 0.25) is 0 Å². The zero-order valence-electron chi connectivity index (χ0n) is 13.2. The molecular formula is C16H20N2O4S. The van der Waals surface area contributed by atoms with Crippen LogP contribution < -0.4 is 9.47 Å². The van der Waals surface area contributed by atoms with Crippen LogP contribution in [0.3, 0.4) is 0 Å². The molecule has 0 radical (unpaired) electrons. The van der Waals surface area contributed by atoms with Crippen LogP contribution in [0.15, 0.2) is 29.8 Å². The molecule has 1 aromatic carbocycles. The number of amides is 2. The molecule has 0 N–H and O–H groups in total. The van der Waals surface area contributed by atoms with Gasteiger partial charge in [0.15, 0.2) is 11.5 Å². The Balaban J connectivity index is 2.19. The molecule has 23 heavy (non-hydrogen) atoms. The highest BCUT2D eigenvalue weighted by atomic mass is 32.1. The average Bonchev–Trinajstić information content (AvgIpc) is 2.96. The number of carbonyl (C=O) groups excluding carboxylic acids is 2. The number of benzene rings is 1. The van der Waals surface area contributed by atoms with Gasteiger partial charge in [0.2, 0.25) is 6.79 Å². The molecule has 6 nitrogen and oxygen atoms in total. The fourth-order valence-electron chi connectivity index (χ4n) is 2.24. The van der Waals surface area contributed by atoms with Gasteiger partial charge in [0.25, 0.3) is 0 Å². The first-order valence-corrected chi connectivity index (χ1v) is 7.67. The minimum absolute atomic E-state index is 0.0230.